The molecule has 0 aliphatic rings. The van der Waals surface area contributed by atoms with Crippen LogP contribution in [0.25, 0.3) is 10.7 Å². The van der Waals surface area contributed by atoms with Crippen molar-refractivity contribution in [1.82, 2.24) is 20.5 Å². The van der Waals surface area contributed by atoms with E-state index in [1.54, 1.807) is 6.20 Å². The van der Waals surface area contributed by atoms with Gasteiger partial charge in [0.15, 0.2) is 5.01 Å². The Labute approximate surface area is 128 Å². The number of aromatic nitrogens is 3. The van der Waals surface area contributed by atoms with Crippen molar-refractivity contribution in [1.29, 1.82) is 0 Å². The number of urea groups is 1. The Morgan fingerprint density at radius 3 is 2.95 bits per heavy atom. The van der Waals surface area contributed by atoms with E-state index in [0.29, 0.717) is 33.9 Å². The average molecular weight is 325 g/mol. The highest BCUT2D eigenvalue weighted by Gasteiger charge is 2.10. The van der Waals surface area contributed by atoms with Gasteiger partial charge in [-0.2, -0.15) is 0 Å². The Hall–Kier alpha value is -1.87. The molecule has 7 nitrogen and oxygen atoms in total. The van der Waals surface area contributed by atoms with Crippen LogP contribution in [0.3, 0.4) is 0 Å². The van der Waals surface area contributed by atoms with Crippen LogP contribution >= 0.6 is 11.3 Å². The van der Waals surface area contributed by atoms with Crippen LogP contribution in [0.5, 0.6) is 0 Å². The first-order valence-electron chi connectivity index (χ1n) is 6.33. The molecule has 0 unspecified atom stereocenters. The summed E-state index contributed by atoms with van der Waals surface area (Å²) in [7, 11) is -0.887. The number of pyridine rings is 1. The number of rotatable bonds is 6. The van der Waals surface area contributed by atoms with Crippen LogP contribution in [-0.2, 0) is 10.8 Å². The summed E-state index contributed by atoms with van der Waals surface area (Å²) in [6.45, 7) is 2.20. The van der Waals surface area contributed by atoms with Gasteiger partial charge in [0, 0.05) is 35.0 Å². The van der Waals surface area contributed by atoms with Crippen LogP contribution in [0.4, 0.5) is 9.93 Å². The second-order valence-corrected chi connectivity index (χ2v) is 6.78. The minimum atomic E-state index is -0.887. The van der Waals surface area contributed by atoms with Gasteiger partial charge in [-0.25, -0.2) is 4.79 Å². The maximum Gasteiger partial charge on any atom is 0.321 e. The van der Waals surface area contributed by atoms with Crippen molar-refractivity contribution in [3.63, 3.8) is 0 Å². The zero-order valence-electron chi connectivity index (χ0n) is 11.4. The molecule has 9 heteroatoms. The van der Waals surface area contributed by atoms with Crippen LogP contribution in [0.2, 0.25) is 0 Å². The SMILES string of the molecule is CC[S@](=O)CCNC(=O)Nc1nnc(-c2ccccn2)s1. The van der Waals surface area contributed by atoms with Crippen molar-refractivity contribution in [2.75, 3.05) is 23.4 Å². The second kappa shape index (κ2) is 7.79. The van der Waals surface area contributed by atoms with E-state index >= 15 is 0 Å². The molecule has 21 heavy (non-hydrogen) atoms. The Bertz CT molecular complexity index is 617. The summed E-state index contributed by atoms with van der Waals surface area (Å²) in [6.07, 6.45) is 1.67. The van der Waals surface area contributed by atoms with E-state index in [-0.39, 0.29) is 6.03 Å². The molecule has 1 atom stereocenters. The summed E-state index contributed by atoms with van der Waals surface area (Å²) < 4.78 is 11.2. The molecule has 0 bridgehead atoms. The number of amides is 2. The van der Waals surface area contributed by atoms with Gasteiger partial charge in [0.25, 0.3) is 0 Å². The van der Waals surface area contributed by atoms with E-state index in [9.17, 15) is 9.00 Å². The van der Waals surface area contributed by atoms with Crippen molar-refractivity contribution in [2.45, 2.75) is 6.92 Å². The molecule has 112 valence electrons. The second-order valence-electron chi connectivity index (χ2n) is 3.94. The Kier molecular flexibility index (Phi) is 5.76. The maximum atomic E-state index is 11.6. The molecule has 2 aromatic rings. The van der Waals surface area contributed by atoms with Gasteiger partial charge in [-0.1, -0.05) is 24.3 Å². The molecule has 0 aromatic carbocycles. The van der Waals surface area contributed by atoms with Crippen LogP contribution in [0.15, 0.2) is 24.4 Å². The molecule has 0 spiro atoms. The molecule has 0 fully saturated rings. The smallest absolute Gasteiger partial charge is 0.321 e. The molecule has 2 amide bonds. The third-order valence-corrected chi connectivity index (χ3v) is 4.63. The number of nitrogens with one attached hydrogen (secondary N) is 2. The Morgan fingerprint density at radius 2 is 2.24 bits per heavy atom. The number of carbonyl (C=O) groups excluding carboxylic acids is 1. The summed E-state index contributed by atoms with van der Waals surface area (Å²) in [5.41, 5.74) is 0.710. The van der Waals surface area contributed by atoms with E-state index in [1.807, 2.05) is 25.1 Å². The number of anilines is 1. The van der Waals surface area contributed by atoms with Gasteiger partial charge in [0.2, 0.25) is 5.13 Å². The van der Waals surface area contributed by atoms with Crippen molar-refractivity contribution in [2.24, 2.45) is 0 Å². The van der Waals surface area contributed by atoms with Gasteiger partial charge in [0.05, 0.1) is 0 Å². The number of carbonyl (C=O) groups is 1. The molecule has 0 aliphatic heterocycles. The molecule has 2 rings (SSSR count). The minimum Gasteiger partial charge on any atom is -0.337 e. The van der Waals surface area contributed by atoms with E-state index in [2.05, 4.69) is 25.8 Å². The lowest BCUT2D eigenvalue weighted by Crippen LogP contribution is -2.32. The van der Waals surface area contributed by atoms with Crippen LogP contribution in [-0.4, -0.2) is 43.5 Å². The third kappa shape index (κ3) is 4.87. The molecule has 2 N–H and O–H groups in total. The van der Waals surface area contributed by atoms with Crippen LogP contribution < -0.4 is 10.6 Å². The highest BCUT2D eigenvalue weighted by molar-refractivity contribution is 7.84. The fourth-order valence-electron chi connectivity index (χ4n) is 1.43. The zero-order chi connectivity index (χ0) is 15.1. The summed E-state index contributed by atoms with van der Waals surface area (Å²) in [5.74, 6) is 1.03. The molecule has 0 saturated carbocycles. The molecule has 0 aliphatic carbocycles. The highest BCUT2D eigenvalue weighted by atomic mass is 32.2. The first-order valence-corrected chi connectivity index (χ1v) is 8.64. The van der Waals surface area contributed by atoms with Crippen molar-refractivity contribution in [3.8, 4) is 10.7 Å². The Balaban J connectivity index is 1.85. The minimum absolute atomic E-state index is 0.359. The maximum absolute atomic E-state index is 11.6. The average Bonchev–Trinajstić information content (AvgIpc) is 2.96. The lowest BCUT2D eigenvalue weighted by atomic mass is 10.4. The van der Waals surface area contributed by atoms with Gasteiger partial charge >= 0.3 is 6.03 Å². The molecule has 0 radical (unpaired) electrons. The number of hydrogen-bond donors (Lipinski definition) is 2. The monoisotopic (exact) mass is 325 g/mol. The number of hydrogen-bond acceptors (Lipinski definition) is 6. The van der Waals surface area contributed by atoms with Crippen LogP contribution in [0.1, 0.15) is 6.92 Å². The van der Waals surface area contributed by atoms with E-state index < -0.39 is 10.8 Å². The summed E-state index contributed by atoms with van der Waals surface area (Å²) in [4.78, 5) is 15.8. The quantitative estimate of drug-likeness (QED) is 0.838. The first-order chi connectivity index (χ1) is 10.2. The summed E-state index contributed by atoms with van der Waals surface area (Å²) in [5, 5.41) is 14.1. The third-order valence-electron chi connectivity index (χ3n) is 2.47. The van der Waals surface area contributed by atoms with Crippen molar-refractivity contribution >= 4 is 33.3 Å². The van der Waals surface area contributed by atoms with E-state index in [1.165, 1.54) is 11.3 Å². The van der Waals surface area contributed by atoms with Gasteiger partial charge < -0.3 is 5.32 Å². The van der Waals surface area contributed by atoms with Crippen molar-refractivity contribution < 1.29 is 9.00 Å². The van der Waals surface area contributed by atoms with Gasteiger partial charge in [0.1, 0.15) is 5.69 Å². The number of nitrogens with zero attached hydrogens (tertiary/aromatic N) is 3. The molecule has 2 aromatic heterocycles. The standard InChI is InChI=1S/C12H15N5O2S2/c1-2-21(19)8-7-14-11(18)15-12-17-16-10(20-12)9-5-3-4-6-13-9/h3-6H,2,7-8H2,1H3,(H2,14,15,17,18)/t21-/m0/s1. The Morgan fingerprint density at radius 1 is 1.38 bits per heavy atom. The predicted molar refractivity (Wildman–Crippen MR) is 83.7 cm³/mol. The summed E-state index contributed by atoms with van der Waals surface area (Å²) in [6, 6.07) is 5.12. The van der Waals surface area contributed by atoms with Crippen LogP contribution in [0, 0.1) is 0 Å². The largest absolute Gasteiger partial charge is 0.337 e. The fraction of sp³-hybridized carbons (Fsp3) is 0.333. The van der Waals surface area contributed by atoms with Gasteiger partial charge in [-0.05, 0) is 12.1 Å². The molecular formula is C12H15N5O2S2. The van der Waals surface area contributed by atoms with Gasteiger partial charge in [-0.15, -0.1) is 10.2 Å². The zero-order valence-corrected chi connectivity index (χ0v) is 13.0. The topological polar surface area (TPSA) is 96.9 Å². The lowest BCUT2D eigenvalue weighted by Gasteiger charge is -2.03. The van der Waals surface area contributed by atoms with Gasteiger partial charge in [-0.3, -0.25) is 14.5 Å². The first kappa shape index (κ1) is 15.5. The predicted octanol–water partition coefficient (Wildman–Crippen LogP) is 1.49. The fourth-order valence-corrected chi connectivity index (χ4v) is 2.76. The molecular weight excluding hydrogens is 310 g/mol. The van der Waals surface area contributed by atoms with E-state index in [4.69, 9.17) is 0 Å². The normalized spacial score (nSPS) is 11.9. The van der Waals surface area contributed by atoms with Crippen molar-refractivity contribution in [3.05, 3.63) is 24.4 Å². The lowest BCUT2D eigenvalue weighted by molar-refractivity contribution is 0.252. The van der Waals surface area contributed by atoms with E-state index in [0.717, 1.165) is 0 Å². The summed E-state index contributed by atoms with van der Waals surface area (Å²) >= 11 is 1.24. The highest BCUT2D eigenvalue weighted by Crippen LogP contribution is 2.23. The molecule has 2 heterocycles. The molecule has 0 saturated heterocycles.